The first-order valence-electron chi connectivity index (χ1n) is 14.5. The monoisotopic (exact) mass is 697 g/mol. The molecule has 2 fully saturated rings. The van der Waals surface area contributed by atoms with Crippen LogP contribution in [-0.2, 0) is 27.5 Å². The molecule has 0 aliphatic carbocycles. The second kappa shape index (κ2) is 15.0. The number of methoxy groups -OCH3 is 2. The molecule has 0 saturated carbocycles. The first kappa shape index (κ1) is 34.6. The fourth-order valence-corrected chi connectivity index (χ4v) is 8.54. The van der Waals surface area contributed by atoms with Crippen LogP contribution in [0.5, 0.6) is 23.0 Å². The molecule has 3 atom stereocenters. The van der Waals surface area contributed by atoms with E-state index in [0.29, 0.717) is 17.3 Å². The second-order valence-electron chi connectivity index (χ2n) is 10.8. The summed E-state index contributed by atoms with van der Waals surface area (Å²) < 4.78 is 26.2. The standard InChI is InChI=1S/C32H33BClN3O8S2/c1-36(14-15-46-32(31(40)45-33)18-37-29(39)26(35)30(37)47-32)28(38)23-12-13-24(43-16-19-4-8-21(41-2)9-5-19)27(25(23)34)44-17-20-6-10-22(42-3)11-7-20/h4-13,26,30H,14-18,35H2,1-3H3/t26-,30-,32-/m1/s1. The molecular formula is C32H33BClN3O8S2. The number of fused-ring (bicyclic) bond motifs is 1. The lowest BCUT2D eigenvalue weighted by Gasteiger charge is -2.38. The maximum Gasteiger partial charge on any atom is 0.378 e. The molecule has 2 aliphatic rings. The third-order valence-electron chi connectivity index (χ3n) is 7.79. The van der Waals surface area contributed by atoms with Crippen LogP contribution in [0.25, 0.3) is 0 Å². The first-order chi connectivity index (χ1) is 22.6. The van der Waals surface area contributed by atoms with Gasteiger partial charge in [0.25, 0.3) is 5.91 Å². The Hall–Kier alpha value is -3.72. The van der Waals surface area contributed by atoms with Gasteiger partial charge in [0.2, 0.25) is 5.91 Å². The summed E-state index contributed by atoms with van der Waals surface area (Å²) in [6, 6.07) is 17.4. The normalized spacial score (nSPS) is 19.8. The number of nitrogens with zero attached hydrogens (tertiary/aromatic N) is 2. The number of halogens is 1. The Balaban J connectivity index is 1.30. The molecule has 0 bridgehead atoms. The van der Waals surface area contributed by atoms with Crippen LogP contribution in [-0.4, -0.2) is 91.2 Å². The van der Waals surface area contributed by atoms with Crippen molar-refractivity contribution in [1.82, 2.24) is 9.80 Å². The predicted octanol–water partition coefficient (Wildman–Crippen LogP) is 3.89. The molecule has 3 aromatic carbocycles. The Morgan fingerprint density at radius 1 is 1.02 bits per heavy atom. The van der Waals surface area contributed by atoms with Crippen molar-refractivity contribution in [2.75, 3.05) is 40.1 Å². The molecule has 2 heterocycles. The maximum absolute atomic E-state index is 13.6. The molecule has 11 nitrogen and oxygen atoms in total. The lowest BCUT2D eigenvalue weighted by molar-refractivity contribution is -0.144. The smallest absolute Gasteiger partial charge is 0.378 e. The second-order valence-corrected chi connectivity index (χ2v) is 14.2. The van der Waals surface area contributed by atoms with Crippen molar-refractivity contribution in [2.24, 2.45) is 5.73 Å². The van der Waals surface area contributed by atoms with Gasteiger partial charge >= 0.3 is 14.0 Å². The maximum atomic E-state index is 13.6. The van der Waals surface area contributed by atoms with E-state index in [0.717, 1.165) is 16.9 Å². The van der Waals surface area contributed by atoms with E-state index in [1.807, 2.05) is 48.5 Å². The number of rotatable bonds is 14. The van der Waals surface area contributed by atoms with E-state index < -0.39 is 16.1 Å². The van der Waals surface area contributed by atoms with Gasteiger partial charge in [0.15, 0.2) is 15.6 Å². The Bertz CT molecular complexity index is 1620. The molecule has 0 aromatic heterocycles. The molecule has 246 valence electrons. The third-order valence-corrected chi connectivity index (χ3v) is 11.4. The van der Waals surface area contributed by atoms with E-state index in [-0.39, 0.29) is 59.8 Å². The van der Waals surface area contributed by atoms with Gasteiger partial charge in [-0.05, 0) is 47.5 Å². The number of benzene rings is 3. The lowest BCUT2D eigenvalue weighted by atomic mass is 10.1. The number of hydrogen-bond acceptors (Lipinski definition) is 11. The number of ether oxygens (including phenoxy) is 4. The minimum Gasteiger partial charge on any atom is -0.542 e. The van der Waals surface area contributed by atoms with Gasteiger partial charge in [-0.1, -0.05) is 35.9 Å². The van der Waals surface area contributed by atoms with Crippen molar-refractivity contribution in [3.05, 3.63) is 82.4 Å². The van der Waals surface area contributed by atoms with E-state index >= 15 is 0 Å². The highest BCUT2D eigenvalue weighted by Gasteiger charge is 2.61. The summed E-state index contributed by atoms with van der Waals surface area (Å²) in [4.78, 5) is 41.5. The molecule has 2 N–H and O–H groups in total. The van der Waals surface area contributed by atoms with Crippen LogP contribution in [0.3, 0.4) is 0 Å². The van der Waals surface area contributed by atoms with E-state index in [1.54, 1.807) is 38.3 Å². The van der Waals surface area contributed by atoms with Crippen LogP contribution in [0, 0.1) is 0 Å². The molecule has 3 aromatic rings. The van der Waals surface area contributed by atoms with E-state index in [9.17, 15) is 14.4 Å². The van der Waals surface area contributed by atoms with Crippen LogP contribution < -0.4 is 24.7 Å². The van der Waals surface area contributed by atoms with Crippen molar-refractivity contribution in [3.63, 3.8) is 0 Å². The third kappa shape index (κ3) is 7.40. The summed E-state index contributed by atoms with van der Waals surface area (Å²) in [5.41, 5.74) is 7.88. The zero-order chi connectivity index (χ0) is 33.7. The van der Waals surface area contributed by atoms with E-state index in [2.05, 4.69) is 4.65 Å². The fraction of sp³-hybridized carbons (Fsp3) is 0.344. The van der Waals surface area contributed by atoms with Gasteiger partial charge in [0, 0.05) is 19.3 Å². The number of nitrogens with two attached hydrogens (primary N) is 1. The van der Waals surface area contributed by atoms with Crippen molar-refractivity contribution < 1.29 is 38.0 Å². The van der Waals surface area contributed by atoms with E-state index in [4.69, 9.17) is 44.3 Å². The molecule has 2 saturated heterocycles. The van der Waals surface area contributed by atoms with Crippen molar-refractivity contribution in [3.8, 4) is 23.0 Å². The average Bonchev–Trinajstić information content (AvgIpc) is 3.47. The number of β-lactam (4-membered cyclic amide) rings is 1. The Labute approximate surface area is 287 Å². The van der Waals surface area contributed by atoms with Gasteiger partial charge in [-0.25, -0.2) is 0 Å². The van der Waals surface area contributed by atoms with Crippen molar-refractivity contribution in [1.29, 1.82) is 0 Å². The minimum atomic E-state index is -1.14. The molecular weight excluding hydrogens is 665 g/mol. The number of thioether (sulfide) groups is 2. The summed E-state index contributed by atoms with van der Waals surface area (Å²) in [5, 5.41) is -0.226. The first-order valence-corrected chi connectivity index (χ1v) is 16.7. The molecule has 5 rings (SSSR count). The summed E-state index contributed by atoms with van der Waals surface area (Å²) >= 11 is 9.35. The molecule has 47 heavy (non-hydrogen) atoms. The van der Waals surface area contributed by atoms with Crippen molar-refractivity contribution >= 4 is 61.0 Å². The highest BCUT2D eigenvalue weighted by atomic mass is 35.5. The quantitative estimate of drug-likeness (QED) is 0.195. The molecule has 2 aliphatic heterocycles. The van der Waals surface area contributed by atoms with Crippen LogP contribution in [0.4, 0.5) is 0 Å². The molecule has 0 unspecified atom stereocenters. The topological polar surface area (TPSA) is 130 Å². The zero-order valence-electron chi connectivity index (χ0n) is 26.0. The van der Waals surface area contributed by atoms with Crippen LogP contribution >= 0.6 is 35.1 Å². The summed E-state index contributed by atoms with van der Waals surface area (Å²) in [6.45, 7) is 0.756. The molecule has 0 spiro atoms. The summed E-state index contributed by atoms with van der Waals surface area (Å²) in [7, 11) is 10.1. The number of amides is 2. The summed E-state index contributed by atoms with van der Waals surface area (Å²) in [5.74, 6) is 1.13. The van der Waals surface area contributed by atoms with Crippen molar-refractivity contribution in [2.45, 2.75) is 28.7 Å². The van der Waals surface area contributed by atoms with Crippen LogP contribution in [0.2, 0.25) is 5.02 Å². The van der Waals surface area contributed by atoms with E-state index in [1.165, 1.54) is 28.4 Å². The molecule has 2 amide bonds. The Morgan fingerprint density at radius 2 is 1.62 bits per heavy atom. The SMILES string of the molecule is [B]OC(=O)[C@@]1(SCCN(C)C(=O)c2ccc(OCc3ccc(OC)cc3)c(OCc3ccc(OC)cc3)c2Cl)CN2C(=O)[C@@H](N)[C@H]2S1. The minimum absolute atomic E-state index is 0.0987. The largest absolute Gasteiger partial charge is 0.542 e. The van der Waals surface area contributed by atoms with Gasteiger partial charge in [0.05, 0.1) is 31.4 Å². The molecule has 2 radical (unpaired) electrons. The van der Waals surface area contributed by atoms with Crippen LogP contribution in [0.1, 0.15) is 21.5 Å². The van der Waals surface area contributed by atoms with Gasteiger partial charge in [-0.2, -0.15) is 0 Å². The van der Waals surface area contributed by atoms with Gasteiger partial charge in [-0.15, -0.1) is 23.5 Å². The Morgan fingerprint density at radius 3 is 2.17 bits per heavy atom. The van der Waals surface area contributed by atoms with Gasteiger partial charge < -0.3 is 39.1 Å². The van der Waals surface area contributed by atoms with Crippen LogP contribution in [0.15, 0.2) is 60.7 Å². The summed E-state index contributed by atoms with van der Waals surface area (Å²) in [6.07, 6.45) is 0. The molecule has 15 heteroatoms. The number of hydrogen-bond donors (Lipinski definition) is 1. The number of carbonyl (C=O) groups excluding carboxylic acids is 3. The lowest BCUT2D eigenvalue weighted by Crippen LogP contribution is -2.64. The zero-order valence-corrected chi connectivity index (χ0v) is 28.4. The highest BCUT2D eigenvalue weighted by molar-refractivity contribution is 8.20. The highest BCUT2D eigenvalue weighted by Crippen LogP contribution is 2.52. The predicted molar refractivity (Wildman–Crippen MR) is 181 cm³/mol. The average molecular weight is 698 g/mol. The fourth-order valence-electron chi connectivity index (χ4n) is 5.02. The van der Waals surface area contributed by atoms with Gasteiger partial charge in [-0.3, -0.25) is 14.4 Å². The van der Waals surface area contributed by atoms with Gasteiger partial charge in [0.1, 0.15) is 36.1 Å². The number of carbonyl (C=O) groups is 3. The Kier molecular flexibility index (Phi) is 11.1.